The summed E-state index contributed by atoms with van der Waals surface area (Å²) in [5.41, 5.74) is 5.14. The molecule has 8 heteroatoms. The van der Waals surface area contributed by atoms with Gasteiger partial charge in [-0.2, -0.15) is 0 Å². The Hall–Kier alpha value is -1.51. The smallest absolute Gasteiger partial charge is 0.293 e. The summed E-state index contributed by atoms with van der Waals surface area (Å²) < 4.78 is 5.49. The van der Waals surface area contributed by atoms with E-state index in [1.807, 2.05) is 0 Å². The Morgan fingerprint density at radius 1 is 1.56 bits per heavy atom. The Morgan fingerprint density at radius 3 is 2.89 bits per heavy atom. The Bertz CT molecular complexity index is 453. The van der Waals surface area contributed by atoms with Gasteiger partial charge in [0.25, 0.3) is 11.6 Å². The van der Waals surface area contributed by atoms with Crippen LogP contribution in [0.1, 0.15) is 0 Å². The number of rotatable bonds is 6. The average molecular weight is 318 g/mol. The minimum Gasteiger partial charge on any atom is -0.370 e. The maximum atomic E-state index is 11.4. The number of nitrogens with zero attached hydrogens (tertiary/aromatic N) is 1. The maximum absolute atomic E-state index is 11.4. The van der Waals surface area contributed by atoms with E-state index in [9.17, 15) is 14.9 Å². The molecule has 7 nitrogen and oxygen atoms in total. The molecule has 0 unspecified atom stereocenters. The van der Waals surface area contributed by atoms with Crippen molar-refractivity contribution in [3.05, 3.63) is 32.8 Å². The van der Waals surface area contributed by atoms with Gasteiger partial charge in [0.05, 0.1) is 11.5 Å². The van der Waals surface area contributed by atoms with Gasteiger partial charge in [0.15, 0.2) is 0 Å². The third-order valence-corrected chi connectivity index (χ3v) is 2.42. The number of carbonyl (C=O) groups excluding carboxylic acids is 1. The van der Waals surface area contributed by atoms with Crippen LogP contribution in [0.3, 0.4) is 0 Å². The summed E-state index contributed by atoms with van der Waals surface area (Å²) in [7, 11) is 0. The summed E-state index contributed by atoms with van der Waals surface area (Å²) in [6, 6.07) is 4.36. The summed E-state index contributed by atoms with van der Waals surface area (Å²) in [6.07, 6.45) is 0. The van der Waals surface area contributed by atoms with E-state index in [-0.39, 0.29) is 24.6 Å². The van der Waals surface area contributed by atoms with Crippen molar-refractivity contribution in [3.63, 3.8) is 0 Å². The van der Waals surface area contributed by atoms with Crippen LogP contribution < -0.4 is 11.1 Å². The molecule has 0 atom stereocenters. The van der Waals surface area contributed by atoms with E-state index in [0.29, 0.717) is 11.0 Å². The van der Waals surface area contributed by atoms with Crippen molar-refractivity contribution in [2.24, 2.45) is 5.73 Å². The number of benzene rings is 1. The predicted octanol–water partition coefficient (Wildman–Crippen LogP) is 1.27. The Labute approximate surface area is 112 Å². The normalized spacial score (nSPS) is 10.1. The topological polar surface area (TPSA) is 107 Å². The lowest BCUT2D eigenvalue weighted by molar-refractivity contribution is -0.384. The van der Waals surface area contributed by atoms with Crippen LogP contribution in [-0.4, -0.2) is 30.6 Å². The second-order valence-corrected chi connectivity index (χ2v) is 4.22. The van der Waals surface area contributed by atoms with E-state index >= 15 is 0 Å². The molecule has 0 aliphatic carbocycles. The molecule has 0 saturated heterocycles. The zero-order valence-corrected chi connectivity index (χ0v) is 11.0. The fraction of sp³-hybridized carbons (Fsp3) is 0.300. The van der Waals surface area contributed by atoms with Crippen LogP contribution in [0, 0.1) is 10.1 Å². The van der Waals surface area contributed by atoms with Crippen LogP contribution in [0.2, 0.25) is 0 Å². The number of nitrogens with one attached hydrogen (secondary N) is 1. The number of halogens is 1. The van der Waals surface area contributed by atoms with Gasteiger partial charge in [0.1, 0.15) is 12.3 Å². The Balaban J connectivity index is 2.72. The molecule has 1 amide bonds. The molecule has 98 valence electrons. The van der Waals surface area contributed by atoms with Crippen LogP contribution >= 0.6 is 15.9 Å². The molecule has 0 radical (unpaired) electrons. The largest absolute Gasteiger partial charge is 0.370 e. The number of hydrogen-bond donors (Lipinski definition) is 2. The van der Waals surface area contributed by atoms with E-state index in [4.69, 9.17) is 10.5 Å². The van der Waals surface area contributed by atoms with Crippen LogP contribution in [0.4, 0.5) is 11.4 Å². The van der Waals surface area contributed by atoms with Gasteiger partial charge in [-0.25, -0.2) is 0 Å². The quantitative estimate of drug-likeness (QED) is 0.466. The molecule has 1 aromatic rings. The lowest BCUT2D eigenvalue weighted by Gasteiger charge is -2.06. The minimum absolute atomic E-state index is 0.129. The molecule has 1 aromatic carbocycles. The monoisotopic (exact) mass is 317 g/mol. The molecule has 0 spiro atoms. The second kappa shape index (κ2) is 7.04. The fourth-order valence-electron chi connectivity index (χ4n) is 1.20. The van der Waals surface area contributed by atoms with Crippen molar-refractivity contribution in [1.29, 1.82) is 0 Å². The van der Waals surface area contributed by atoms with E-state index in [0.717, 1.165) is 0 Å². The molecule has 0 saturated carbocycles. The first-order valence-corrected chi connectivity index (χ1v) is 5.85. The Kier molecular flexibility index (Phi) is 5.69. The van der Waals surface area contributed by atoms with Crippen LogP contribution in [0.5, 0.6) is 0 Å². The molecule has 0 heterocycles. The molecular formula is C10H12BrN3O4. The highest BCUT2D eigenvalue weighted by molar-refractivity contribution is 9.10. The number of hydrogen-bond acceptors (Lipinski definition) is 5. The molecule has 0 aliphatic rings. The van der Waals surface area contributed by atoms with Crippen molar-refractivity contribution in [2.75, 3.05) is 25.1 Å². The van der Waals surface area contributed by atoms with Crippen molar-refractivity contribution < 1.29 is 14.5 Å². The lowest BCUT2D eigenvalue weighted by atomic mass is 10.2. The first kappa shape index (κ1) is 14.6. The highest BCUT2D eigenvalue weighted by Crippen LogP contribution is 2.27. The van der Waals surface area contributed by atoms with Gasteiger partial charge < -0.3 is 15.8 Å². The van der Waals surface area contributed by atoms with E-state index in [2.05, 4.69) is 21.2 Å². The van der Waals surface area contributed by atoms with E-state index in [1.54, 1.807) is 6.07 Å². The molecule has 0 aliphatic heterocycles. The number of ether oxygens (including phenoxy) is 1. The van der Waals surface area contributed by atoms with Gasteiger partial charge in [0, 0.05) is 17.1 Å². The SMILES string of the molecule is NCCOCC(=O)Nc1ccc(Br)cc1[N+](=O)[O-]. The lowest BCUT2D eigenvalue weighted by Crippen LogP contribution is -2.21. The number of carbonyl (C=O) groups is 1. The Morgan fingerprint density at radius 2 is 2.28 bits per heavy atom. The number of nitro groups is 1. The zero-order valence-electron chi connectivity index (χ0n) is 9.39. The van der Waals surface area contributed by atoms with E-state index < -0.39 is 10.8 Å². The minimum atomic E-state index is -0.568. The number of nitrogens with two attached hydrogens (primary N) is 1. The van der Waals surface area contributed by atoms with Gasteiger partial charge in [0.2, 0.25) is 0 Å². The molecule has 0 fully saturated rings. The standard InChI is InChI=1S/C10H12BrN3O4/c11-7-1-2-8(9(5-7)14(16)17)13-10(15)6-18-4-3-12/h1-2,5H,3-4,6,12H2,(H,13,15). The first-order chi connectivity index (χ1) is 8.54. The van der Waals surface area contributed by atoms with Gasteiger partial charge in [-0.15, -0.1) is 0 Å². The highest BCUT2D eigenvalue weighted by atomic mass is 79.9. The zero-order chi connectivity index (χ0) is 13.5. The summed E-state index contributed by atoms with van der Waals surface area (Å²) >= 11 is 3.13. The first-order valence-electron chi connectivity index (χ1n) is 5.06. The second-order valence-electron chi connectivity index (χ2n) is 3.31. The molecule has 18 heavy (non-hydrogen) atoms. The number of amides is 1. The van der Waals surface area contributed by atoms with Crippen molar-refractivity contribution >= 4 is 33.2 Å². The van der Waals surface area contributed by atoms with Crippen LogP contribution in [-0.2, 0) is 9.53 Å². The van der Waals surface area contributed by atoms with E-state index in [1.165, 1.54) is 12.1 Å². The molecular weight excluding hydrogens is 306 g/mol. The molecule has 3 N–H and O–H groups in total. The van der Waals surface area contributed by atoms with Crippen LogP contribution in [0.15, 0.2) is 22.7 Å². The molecule has 0 aromatic heterocycles. The summed E-state index contributed by atoms with van der Waals surface area (Å²) in [5.74, 6) is -0.464. The third kappa shape index (κ3) is 4.40. The van der Waals surface area contributed by atoms with Gasteiger partial charge in [-0.1, -0.05) is 15.9 Å². The maximum Gasteiger partial charge on any atom is 0.293 e. The summed E-state index contributed by atoms with van der Waals surface area (Å²) in [5, 5.41) is 13.2. The predicted molar refractivity (Wildman–Crippen MR) is 69.3 cm³/mol. The molecule has 0 bridgehead atoms. The van der Waals surface area contributed by atoms with Gasteiger partial charge in [-0.05, 0) is 12.1 Å². The molecule has 1 rings (SSSR count). The third-order valence-electron chi connectivity index (χ3n) is 1.93. The van der Waals surface area contributed by atoms with Gasteiger partial charge >= 0.3 is 0 Å². The van der Waals surface area contributed by atoms with Crippen molar-refractivity contribution in [1.82, 2.24) is 0 Å². The summed E-state index contributed by atoms with van der Waals surface area (Å²) in [4.78, 5) is 21.7. The highest BCUT2D eigenvalue weighted by Gasteiger charge is 2.16. The van der Waals surface area contributed by atoms with Crippen molar-refractivity contribution in [3.8, 4) is 0 Å². The number of anilines is 1. The van der Waals surface area contributed by atoms with Crippen LogP contribution in [0.25, 0.3) is 0 Å². The number of nitro benzene ring substituents is 1. The van der Waals surface area contributed by atoms with Gasteiger partial charge in [-0.3, -0.25) is 14.9 Å². The van der Waals surface area contributed by atoms with Crippen molar-refractivity contribution in [2.45, 2.75) is 0 Å². The fourth-order valence-corrected chi connectivity index (χ4v) is 1.55. The summed E-state index contributed by atoms with van der Waals surface area (Å²) in [6.45, 7) is 0.381. The average Bonchev–Trinajstić information content (AvgIpc) is 2.31.